The second-order valence-corrected chi connectivity index (χ2v) is 7.60. The van der Waals surface area contributed by atoms with E-state index in [0.29, 0.717) is 17.8 Å². The Morgan fingerprint density at radius 3 is 2.63 bits per heavy atom. The number of nitrogens with one attached hydrogen (secondary N) is 2. The van der Waals surface area contributed by atoms with Crippen molar-refractivity contribution < 1.29 is 5.11 Å². The summed E-state index contributed by atoms with van der Waals surface area (Å²) in [4.78, 5) is 4.22. The van der Waals surface area contributed by atoms with Crippen LogP contribution in [0.15, 0.2) is 53.6 Å². The molecule has 0 fully saturated rings. The maximum Gasteiger partial charge on any atom is 0.193 e. The zero-order valence-electron chi connectivity index (χ0n) is 15.7. The summed E-state index contributed by atoms with van der Waals surface area (Å²) in [6.07, 6.45) is 8.99. The zero-order valence-corrected chi connectivity index (χ0v) is 15.7. The van der Waals surface area contributed by atoms with E-state index in [0.717, 1.165) is 5.69 Å². The van der Waals surface area contributed by atoms with Crippen LogP contribution in [-0.4, -0.2) is 27.1 Å². The third kappa shape index (κ3) is 4.33. The van der Waals surface area contributed by atoms with Crippen LogP contribution in [-0.2, 0) is 5.41 Å². The van der Waals surface area contributed by atoms with Crippen LogP contribution >= 0.6 is 0 Å². The fourth-order valence-corrected chi connectivity index (χ4v) is 2.71. The van der Waals surface area contributed by atoms with Crippen LogP contribution < -0.4 is 5.32 Å². The minimum atomic E-state index is -1.16. The Balaban J connectivity index is 1.79. The minimum absolute atomic E-state index is 0.0786. The lowest BCUT2D eigenvalue weighted by Gasteiger charge is -2.19. The number of rotatable bonds is 4. The molecule has 0 spiro atoms. The number of benzene rings is 1. The van der Waals surface area contributed by atoms with Crippen molar-refractivity contribution in [1.29, 1.82) is 5.26 Å². The minimum Gasteiger partial charge on any atom is -0.380 e. The number of aliphatic imine (C=N–C) groups is 1. The molecule has 1 aromatic carbocycles. The smallest absolute Gasteiger partial charge is 0.193 e. The van der Waals surface area contributed by atoms with Crippen LogP contribution in [0.5, 0.6) is 0 Å². The molecule has 1 unspecified atom stereocenters. The molecule has 1 aliphatic rings. The normalized spacial score (nSPS) is 19.4. The summed E-state index contributed by atoms with van der Waals surface area (Å²) >= 11 is 0. The molecule has 1 aromatic heterocycles. The number of nitriles is 1. The average molecular weight is 361 g/mol. The highest BCUT2D eigenvalue weighted by molar-refractivity contribution is 5.78. The SMILES string of the molecule is CC(C)(C)c1ccc(Nc2[nH]nc(/N=C/C3(O)C=CC=CC3)c2C#N)cc1. The lowest BCUT2D eigenvalue weighted by Crippen LogP contribution is -2.27. The highest BCUT2D eigenvalue weighted by atomic mass is 16.3. The molecule has 0 saturated heterocycles. The van der Waals surface area contributed by atoms with Gasteiger partial charge < -0.3 is 10.4 Å². The number of H-pyrrole nitrogens is 1. The van der Waals surface area contributed by atoms with Crippen LogP contribution in [0.2, 0.25) is 0 Å². The van der Waals surface area contributed by atoms with Gasteiger partial charge in [-0.05, 0) is 29.2 Å². The van der Waals surface area contributed by atoms with E-state index in [1.807, 2.05) is 24.3 Å². The Bertz CT molecular complexity index is 938. The number of hydrogen-bond acceptors (Lipinski definition) is 5. The lowest BCUT2D eigenvalue weighted by atomic mass is 9.87. The van der Waals surface area contributed by atoms with Crippen molar-refractivity contribution in [3.63, 3.8) is 0 Å². The number of allylic oxidation sites excluding steroid dienone is 2. The highest BCUT2D eigenvalue weighted by Gasteiger charge is 2.21. The first kappa shape index (κ1) is 18.6. The molecule has 6 nitrogen and oxygen atoms in total. The molecule has 0 radical (unpaired) electrons. The summed E-state index contributed by atoms with van der Waals surface area (Å²) in [5, 5.41) is 30.0. The quantitative estimate of drug-likeness (QED) is 0.708. The molecule has 1 aliphatic carbocycles. The van der Waals surface area contributed by atoms with E-state index in [1.165, 1.54) is 11.8 Å². The molecule has 2 aromatic rings. The molecule has 0 amide bonds. The van der Waals surface area contributed by atoms with Gasteiger partial charge in [-0.25, -0.2) is 4.99 Å². The van der Waals surface area contributed by atoms with Gasteiger partial charge >= 0.3 is 0 Å². The molecular weight excluding hydrogens is 338 g/mol. The van der Waals surface area contributed by atoms with E-state index >= 15 is 0 Å². The van der Waals surface area contributed by atoms with E-state index in [4.69, 9.17) is 0 Å². The van der Waals surface area contributed by atoms with Crippen molar-refractivity contribution >= 4 is 23.5 Å². The fraction of sp³-hybridized carbons (Fsp3) is 0.286. The number of nitrogens with zero attached hydrogens (tertiary/aromatic N) is 3. The van der Waals surface area contributed by atoms with Gasteiger partial charge in [-0.1, -0.05) is 51.1 Å². The van der Waals surface area contributed by atoms with Gasteiger partial charge in [0.05, 0.1) is 0 Å². The van der Waals surface area contributed by atoms with Crippen molar-refractivity contribution in [3.8, 4) is 6.07 Å². The Kier molecular flexibility index (Phi) is 4.98. The molecule has 6 heteroatoms. The van der Waals surface area contributed by atoms with Crippen molar-refractivity contribution in [2.24, 2.45) is 4.99 Å². The van der Waals surface area contributed by atoms with E-state index in [1.54, 1.807) is 12.2 Å². The summed E-state index contributed by atoms with van der Waals surface area (Å²) < 4.78 is 0. The summed E-state index contributed by atoms with van der Waals surface area (Å²) in [5.74, 6) is 0.710. The van der Waals surface area contributed by atoms with Gasteiger partial charge in [0.1, 0.15) is 23.1 Å². The molecular formula is C21H23N5O. The van der Waals surface area contributed by atoms with Crippen molar-refractivity contribution in [2.45, 2.75) is 38.2 Å². The Labute approximate surface area is 159 Å². The Morgan fingerprint density at radius 1 is 1.30 bits per heavy atom. The number of aromatic nitrogens is 2. The Morgan fingerprint density at radius 2 is 2.04 bits per heavy atom. The standard InChI is InChI=1S/C21H23N5O/c1-20(2,3)15-7-9-16(10-8-15)24-19-17(13-22)18(25-26-19)23-14-21(27)11-5-4-6-12-21/h4-11,14,27H,12H2,1-3H3,(H2,24,25,26)/b23-14+. The Hall–Kier alpha value is -3.17. The van der Waals surface area contributed by atoms with Crippen LogP contribution in [0, 0.1) is 11.3 Å². The first-order chi connectivity index (χ1) is 12.8. The summed E-state index contributed by atoms with van der Waals surface area (Å²) in [6, 6.07) is 10.2. The topological polar surface area (TPSA) is 97.1 Å². The monoisotopic (exact) mass is 361 g/mol. The van der Waals surface area contributed by atoms with Gasteiger partial charge in [0.25, 0.3) is 0 Å². The summed E-state index contributed by atoms with van der Waals surface area (Å²) in [6.45, 7) is 6.48. The highest BCUT2D eigenvalue weighted by Crippen LogP contribution is 2.28. The first-order valence-corrected chi connectivity index (χ1v) is 8.79. The molecule has 1 atom stereocenters. The van der Waals surface area contributed by atoms with Crippen molar-refractivity contribution in [2.75, 3.05) is 5.32 Å². The lowest BCUT2D eigenvalue weighted by molar-refractivity contribution is 0.170. The number of hydrogen-bond donors (Lipinski definition) is 3. The van der Waals surface area contributed by atoms with Crippen molar-refractivity contribution in [3.05, 3.63) is 59.7 Å². The number of aliphatic hydroxyl groups is 1. The van der Waals surface area contributed by atoms with Gasteiger partial charge in [0.15, 0.2) is 5.82 Å². The van der Waals surface area contributed by atoms with E-state index in [-0.39, 0.29) is 11.2 Å². The second kappa shape index (κ2) is 7.22. The predicted molar refractivity (Wildman–Crippen MR) is 108 cm³/mol. The third-order valence-electron chi connectivity index (χ3n) is 4.37. The summed E-state index contributed by atoms with van der Waals surface area (Å²) in [5.41, 5.74) is 1.29. The molecule has 1 heterocycles. The largest absolute Gasteiger partial charge is 0.380 e. The zero-order chi connectivity index (χ0) is 19.5. The van der Waals surface area contributed by atoms with Gasteiger partial charge in [0.2, 0.25) is 0 Å². The molecule has 0 aliphatic heterocycles. The predicted octanol–water partition coefficient (Wildman–Crippen LogP) is 4.27. The maximum atomic E-state index is 10.4. The molecule has 3 N–H and O–H groups in total. The molecule has 3 rings (SSSR count). The van der Waals surface area contributed by atoms with Gasteiger partial charge in [0, 0.05) is 18.3 Å². The van der Waals surface area contributed by atoms with Gasteiger partial charge in [-0.15, -0.1) is 0 Å². The van der Waals surface area contributed by atoms with Gasteiger partial charge in [-0.3, -0.25) is 5.10 Å². The molecule has 0 bridgehead atoms. The number of anilines is 2. The third-order valence-corrected chi connectivity index (χ3v) is 4.37. The first-order valence-electron chi connectivity index (χ1n) is 8.79. The maximum absolute atomic E-state index is 10.4. The van der Waals surface area contributed by atoms with Crippen LogP contribution in [0.4, 0.5) is 17.3 Å². The summed E-state index contributed by atoms with van der Waals surface area (Å²) in [7, 11) is 0. The van der Waals surface area contributed by atoms with Crippen LogP contribution in [0.25, 0.3) is 0 Å². The van der Waals surface area contributed by atoms with Crippen LogP contribution in [0.3, 0.4) is 0 Å². The van der Waals surface area contributed by atoms with Gasteiger partial charge in [-0.2, -0.15) is 10.4 Å². The van der Waals surface area contributed by atoms with E-state index < -0.39 is 5.60 Å². The molecule has 27 heavy (non-hydrogen) atoms. The fourth-order valence-electron chi connectivity index (χ4n) is 2.71. The number of aromatic amines is 1. The molecule has 138 valence electrons. The average Bonchev–Trinajstić information content (AvgIpc) is 3.02. The van der Waals surface area contributed by atoms with E-state index in [9.17, 15) is 10.4 Å². The van der Waals surface area contributed by atoms with E-state index in [2.05, 4.69) is 59.5 Å². The molecule has 0 saturated carbocycles. The second-order valence-electron chi connectivity index (χ2n) is 7.60. The van der Waals surface area contributed by atoms with Crippen LogP contribution in [0.1, 0.15) is 38.3 Å². The van der Waals surface area contributed by atoms with Crippen molar-refractivity contribution in [1.82, 2.24) is 10.2 Å².